The molecule has 2 rings (SSSR count). The number of fused-ring (bicyclic) bond motifs is 1. The first-order valence-corrected chi connectivity index (χ1v) is 6.22. The van der Waals surface area contributed by atoms with Crippen molar-refractivity contribution in [2.45, 2.75) is 39.7 Å². The van der Waals surface area contributed by atoms with Crippen molar-refractivity contribution < 1.29 is 4.79 Å². The van der Waals surface area contributed by atoms with Crippen LogP contribution in [0.1, 0.15) is 31.7 Å². The third kappa shape index (κ3) is 2.76. The Balaban J connectivity index is 2.04. The highest BCUT2D eigenvalue weighted by Gasteiger charge is 2.02. The maximum Gasteiger partial charge on any atom is 0.129 e. The zero-order chi connectivity index (χ0) is 12.3. The van der Waals surface area contributed by atoms with Crippen LogP contribution in [0.2, 0.25) is 0 Å². The van der Waals surface area contributed by atoms with E-state index in [2.05, 4.69) is 42.0 Å². The molecule has 0 atom stereocenters. The van der Waals surface area contributed by atoms with Gasteiger partial charge < -0.3 is 9.36 Å². The summed E-state index contributed by atoms with van der Waals surface area (Å²) in [5.74, 6) is 0.290. The molecule has 0 radical (unpaired) electrons. The van der Waals surface area contributed by atoms with Crippen molar-refractivity contribution >= 4 is 16.7 Å². The average Bonchev–Trinajstić information content (AvgIpc) is 2.69. The molecular formula is C15H19NO. The van der Waals surface area contributed by atoms with E-state index in [-0.39, 0.29) is 0 Å². The lowest BCUT2D eigenvalue weighted by atomic mass is 10.1. The number of aromatic nitrogens is 1. The third-order valence-electron chi connectivity index (χ3n) is 3.21. The second kappa shape index (κ2) is 5.17. The van der Waals surface area contributed by atoms with Gasteiger partial charge in [0.05, 0.1) is 0 Å². The van der Waals surface area contributed by atoms with Crippen LogP contribution in [0.4, 0.5) is 0 Å². The Labute approximate surface area is 102 Å². The van der Waals surface area contributed by atoms with Crippen molar-refractivity contribution in [3.05, 3.63) is 36.0 Å². The minimum atomic E-state index is 0.290. The highest BCUT2D eigenvalue weighted by Crippen LogP contribution is 2.20. The predicted molar refractivity (Wildman–Crippen MR) is 71.2 cm³/mol. The van der Waals surface area contributed by atoms with E-state index in [4.69, 9.17) is 0 Å². The van der Waals surface area contributed by atoms with Crippen LogP contribution < -0.4 is 0 Å². The fraction of sp³-hybridized carbons (Fsp3) is 0.400. The van der Waals surface area contributed by atoms with E-state index < -0.39 is 0 Å². The van der Waals surface area contributed by atoms with Gasteiger partial charge in [0.15, 0.2) is 0 Å². The summed E-state index contributed by atoms with van der Waals surface area (Å²) in [5, 5.41) is 1.33. The normalized spacial score (nSPS) is 10.9. The first kappa shape index (κ1) is 11.9. The highest BCUT2D eigenvalue weighted by molar-refractivity contribution is 5.83. The Bertz CT molecular complexity index is 525. The Hall–Kier alpha value is -1.57. The predicted octanol–water partition coefficient (Wildman–Crippen LogP) is 3.71. The number of rotatable bonds is 5. The number of hydrogen-bond donors (Lipinski definition) is 0. The molecule has 17 heavy (non-hydrogen) atoms. The second-order valence-electron chi connectivity index (χ2n) is 4.68. The molecule has 0 spiro atoms. The molecule has 0 N–H and O–H groups in total. The summed E-state index contributed by atoms with van der Waals surface area (Å²) in [6, 6.07) is 8.58. The summed E-state index contributed by atoms with van der Waals surface area (Å²) in [5.41, 5.74) is 2.62. The largest absolute Gasteiger partial charge is 0.347 e. The molecule has 0 aliphatic heterocycles. The molecular weight excluding hydrogens is 210 g/mol. The van der Waals surface area contributed by atoms with Gasteiger partial charge in [-0.3, -0.25) is 0 Å². The monoisotopic (exact) mass is 229 g/mol. The van der Waals surface area contributed by atoms with Gasteiger partial charge in [-0.15, -0.1) is 0 Å². The van der Waals surface area contributed by atoms with Gasteiger partial charge in [0, 0.05) is 30.1 Å². The third-order valence-corrected chi connectivity index (χ3v) is 3.21. The van der Waals surface area contributed by atoms with Crippen LogP contribution in [0.25, 0.3) is 10.9 Å². The molecule has 1 aromatic carbocycles. The Morgan fingerprint density at radius 2 is 2.06 bits per heavy atom. The summed E-state index contributed by atoms with van der Waals surface area (Å²) in [7, 11) is 0. The molecule has 0 saturated heterocycles. The van der Waals surface area contributed by atoms with E-state index in [1.54, 1.807) is 6.92 Å². The van der Waals surface area contributed by atoms with Crippen molar-refractivity contribution in [3.8, 4) is 0 Å². The summed E-state index contributed by atoms with van der Waals surface area (Å²) >= 11 is 0. The number of carbonyl (C=O) groups is 1. The van der Waals surface area contributed by atoms with Crippen molar-refractivity contribution in [1.29, 1.82) is 0 Å². The smallest absolute Gasteiger partial charge is 0.129 e. The molecule has 0 saturated carbocycles. The van der Waals surface area contributed by atoms with E-state index in [1.807, 2.05) is 0 Å². The van der Waals surface area contributed by atoms with Crippen LogP contribution in [-0.2, 0) is 11.3 Å². The molecule has 0 amide bonds. The molecule has 1 aromatic heterocycles. The topological polar surface area (TPSA) is 22.0 Å². The maximum atomic E-state index is 10.9. The molecule has 2 aromatic rings. The van der Waals surface area contributed by atoms with E-state index in [1.165, 1.54) is 16.5 Å². The second-order valence-corrected chi connectivity index (χ2v) is 4.68. The zero-order valence-electron chi connectivity index (χ0n) is 10.6. The van der Waals surface area contributed by atoms with E-state index in [0.717, 1.165) is 19.4 Å². The molecule has 2 heteroatoms. The maximum absolute atomic E-state index is 10.9. The van der Waals surface area contributed by atoms with Gasteiger partial charge in [-0.05, 0) is 44.4 Å². The number of nitrogens with zero attached hydrogens (tertiary/aromatic N) is 1. The van der Waals surface area contributed by atoms with Crippen LogP contribution in [-0.4, -0.2) is 10.4 Å². The van der Waals surface area contributed by atoms with Crippen LogP contribution >= 0.6 is 0 Å². The highest BCUT2D eigenvalue weighted by atomic mass is 16.1. The minimum absolute atomic E-state index is 0.290. The molecule has 1 heterocycles. The van der Waals surface area contributed by atoms with Crippen LogP contribution in [0.15, 0.2) is 30.5 Å². The Morgan fingerprint density at radius 3 is 2.82 bits per heavy atom. The van der Waals surface area contributed by atoms with Gasteiger partial charge in [-0.1, -0.05) is 12.1 Å². The molecule has 90 valence electrons. The summed E-state index contributed by atoms with van der Waals surface area (Å²) in [6.07, 6.45) is 4.90. The van der Waals surface area contributed by atoms with Gasteiger partial charge in [0.1, 0.15) is 5.78 Å². The number of benzene rings is 1. The van der Waals surface area contributed by atoms with Crippen LogP contribution in [0.5, 0.6) is 0 Å². The van der Waals surface area contributed by atoms with Gasteiger partial charge in [0.25, 0.3) is 0 Å². The lowest BCUT2D eigenvalue weighted by Crippen LogP contribution is -1.97. The SMILES string of the molecule is CC(=O)CCCCn1ccc2c(C)cccc21. The lowest BCUT2D eigenvalue weighted by Gasteiger charge is -2.05. The van der Waals surface area contributed by atoms with Gasteiger partial charge in [0.2, 0.25) is 0 Å². The van der Waals surface area contributed by atoms with Crippen LogP contribution in [0.3, 0.4) is 0 Å². The van der Waals surface area contributed by atoms with Gasteiger partial charge in [-0.25, -0.2) is 0 Å². The summed E-state index contributed by atoms with van der Waals surface area (Å²) in [4.78, 5) is 10.9. The van der Waals surface area contributed by atoms with Crippen molar-refractivity contribution in [3.63, 3.8) is 0 Å². The van der Waals surface area contributed by atoms with Gasteiger partial charge >= 0.3 is 0 Å². The van der Waals surface area contributed by atoms with Gasteiger partial charge in [-0.2, -0.15) is 0 Å². The standard InChI is InChI=1S/C15H19NO/c1-12-6-5-8-15-14(12)9-11-16(15)10-4-3-7-13(2)17/h5-6,8-9,11H,3-4,7,10H2,1-2H3. The number of Topliss-reactive ketones (excluding diaryl/α,β-unsaturated/α-hetero) is 1. The quantitative estimate of drug-likeness (QED) is 0.716. The molecule has 0 bridgehead atoms. The Morgan fingerprint density at radius 1 is 1.24 bits per heavy atom. The van der Waals surface area contributed by atoms with Crippen molar-refractivity contribution in [2.24, 2.45) is 0 Å². The van der Waals surface area contributed by atoms with E-state index in [0.29, 0.717) is 12.2 Å². The number of carbonyl (C=O) groups excluding carboxylic acids is 1. The summed E-state index contributed by atoms with van der Waals surface area (Å²) in [6.45, 7) is 4.80. The molecule has 0 unspecified atom stereocenters. The lowest BCUT2D eigenvalue weighted by molar-refractivity contribution is -0.117. The number of ketones is 1. The molecule has 0 aliphatic carbocycles. The van der Waals surface area contributed by atoms with Crippen molar-refractivity contribution in [1.82, 2.24) is 4.57 Å². The Kier molecular flexibility index (Phi) is 3.62. The first-order valence-electron chi connectivity index (χ1n) is 6.22. The van der Waals surface area contributed by atoms with Crippen molar-refractivity contribution in [2.75, 3.05) is 0 Å². The fourth-order valence-corrected chi connectivity index (χ4v) is 2.23. The molecule has 0 aliphatic rings. The number of hydrogen-bond acceptors (Lipinski definition) is 1. The summed E-state index contributed by atoms with van der Waals surface area (Å²) < 4.78 is 2.28. The number of unbranched alkanes of at least 4 members (excludes halogenated alkanes) is 1. The average molecular weight is 229 g/mol. The van der Waals surface area contributed by atoms with Crippen LogP contribution in [0, 0.1) is 6.92 Å². The minimum Gasteiger partial charge on any atom is -0.347 e. The first-order chi connectivity index (χ1) is 8.18. The zero-order valence-corrected chi connectivity index (χ0v) is 10.6. The fourth-order valence-electron chi connectivity index (χ4n) is 2.23. The number of aryl methyl sites for hydroxylation is 2. The molecule has 0 fully saturated rings. The van der Waals surface area contributed by atoms with E-state index >= 15 is 0 Å². The van der Waals surface area contributed by atoms with E-state index in [9.17, 15) is 4.79 Å². The molecule has 2 nitrogen and oxygen atoms in total.